The first-order chi connectivity index (χ1) is 5.88. The second-order valence-corrected chi connectivity index (χ2v) is 3.09. The number of carbonyl (C=O) groups excluding carboxylic acids is 1. The summed E-state index contributed by atoms with van der Waals surface area (Å²) in [7, 11) is 0. The van der Waals surface area contributed by atoms with E-state index in [0.717, 1.165) is 0 Å². The van der Waals surface area contributed by atoms with Gasteiger partial charge in [-0.2, -0.15) is 13.2 Å². The van der Waals surface area contributed by atoms with Crippen molar-refractivity contribution in [1.29, 1.82) is 0 Å². The van der Waals surface area contributed by atoms with Gasteiger partial charge in [-0.3, -0.25) is 4.79 Å². The lowest BCUT2D eigenvalue weighted by Gasteiger charge is -2.16. The number of nitrogens with zero attached hydrogens (tertiary/aromatic N) is 1. The molecule has 0 aromatic heterocycles. The molecule has 3 nitrogen and oxygen atoms in total. The maximum atomic E-state index is 11.8. The van der Waals surface area contributed by atoms with Crippen LogP contribution in [0.4, 0.5) is 13.2 Å². The Balaban J connectivity index is 2.38. The Labute approximate surface area is 73.9 Å². The van der Waals surface area contributed by atoms with Gasteiger partial charge in [0.1, 0.15) is 0 Å². The summed E-state index contributed by atoms with van der Waals surface area (Å²) in [5.74, 6) is -0.175. The number of nitrogens with one attached hydrogen (secondary N) is 1. The SMILES string of the molecule is CC(=O)N1CC[C@@H](NC(F)(F)F)C1. The third-order valence-electron chi connectivity index (χ3n) is 2.00. The summed E-state index contributed by atoms with van der Waals surface area (Å²) in [6.07, 6.45) is -3.99. The quantitative estimate of drug-likeness (QED) is 0.626. The molecule has 1 rings (SSSR count). The largest absolute Gasteiger partial charge is 0.457 e. The minimum Gasteiger partial charge on any atom is -0.341 e. The summed E-state index contributed by atoms with van der Waals surface area (Å²) < 4.78 is 35.5. The van der Waals surface area contributed by atoms with Gasteiger partial charge < -0.3 is 4.90 Å². The molecule has 0 unspecified atom stereocenters. The maximum Gasteiger partial charge on any atom is 0.457 e. The molecule has 0 aromatic rings. The van der Waals surface area contributed by atoms with Gasteiger partial charge >= 0.3 is 6.30 Å². The Morgan fingerprint density at radius 3 is 2.54 bits per heavy atom. The second-order valence-electron chi connectivity index (χ2n) is 3.09. The number of carbonyl (C=O) groups is 1. The highest BCUT2D eigenvalue weighted by Gasteiger charge is 2.34. The zero-order valence-electron chi connectivity index (χ0n) is 7.19. The van der Waals surface area contributed by atoms with Crippen LogP contribution in [-0.2, 0) is 4.79 Å². The molecule has 6 heteroatoms. The normalized spacial score (nSPS) is 23.7. The number of likely N-dealkylation sites (tertiary alicyclic amines) is 1. The van der Waals surface area contributed by atoms with Crippen LogP contribution in [0.5, 0.6) is 0 Å². The van der Waals surface area contributed by atoms with Crippen molar-refractivity contribution in [3.63, 3.8) is 0 Å². The topological polar surface area (TPSA) is 32.3 Å². The molecular formula is C7H11F3N2O. The van der Waals surface area contributed by atoms with Gasteiger partial charge in [0.2, 0.25) is 5.91 Å². The Kier molecular flexibility index (Phi) is 2.80. The summed E-state index contributed by atoms with van der Waals surface area (Å²) in [6, 6.07) is -0.649. The van der Waals surface area contributed by atoms with E-state index in [9.17, 15) is 18.0 Å². The number of hydrogen-bond donors (Lipinski definition) is 1. The minimum absolute atomic E-state index is 0.148. The lowest BCUT2D eigenvalue weighted by molar-refractivity contribution is -0.163. The van der Waals surface area contributed by atoms with Gasteiger partial charge in [0.05, 0.1) is 0 Å². The molecule has 13 heavy (non-hydrogen) atoms. The summed E-state index contributed by atoms with van der Waals surface area (Å²) in [4.78, 5) is 12.2. The van der Waals surface area contributed by atoms with Gasteiger partial charge in [-0.15, -0.1) is 0 Å². The fourth-order valence-electron chi connectivity index (χ4n) is 1.40. The molecule has 1 aliphatic rings. The predicted octanol–water partition coefficient (Wildman–Crippen LogP) is 0.717. The smallest absolute Gasteiger partial charge is 0.341 e. The first kappa shape index (κ1) is 10.3. The van der Waals surface area contributed by atoms with Crippen LogP contribution in [0.1, 0.15) is 13.3 Å². The molecular weight excluding hydrogens is 185 g/mol. The van der Waals surface area contributed by atoms with Crippen LogP contribution in [0.25, 0.3) is 0 Å². The fraction of sp³-hybridized carbons (Fsp3) is 0.857. The highest BCUT2D eigenvalue weighted by molar-refractivity contribution is 5.73. The average molecular weight is 196 g/mol. The first-order valence-electron chi connectivity index (χ1n) is 3.98. The highest BCUT2D eigenvalue weighted by atomic mass is 19.4. The van der Waals surface area contributed by atoms with E-state index >= 15 is 0 Å². The van der Waals surface area contributed by atoms with Gasteiger partial charge in [-0.1, -0.05) is 0 Å². The average Bonchev–Trinajstić information content (AvgIpc) is 2.31. The van der Waals surface area contributed by atoms with E-state index in [1.165, 1.54) is 17.1 Å². The molecule has 0 aliphatic carbocycles. The van der Waals surface area contributed by atoms with Gasteiger partial charge in [0.15, 0.2) is 0 Å². The van der Waals surface area contributed by atoms with Crippen molar-refractivity contribution in [2.24, 2.45) is 0 Å². The van der Waals surface area contributed by atoms with Crippen molar-refractivity contribution in [3.8, 4) is 0 Å². The second kappa shape index (κ2) is 3.53. The van der Waals surface area contributed by atoms with Crippen LogP contribution >= 0.6 is 0 Å². The number of rotatable bonds is 1. The van der Waals surface area contributed by atoms with Gasteiger partial charge in [0.25, 0.3) is 0 Å². The van der Waals surface area contributed by atoms with Crippen molar-refractivity contribution >= 4 is 5.91 Å². The van der Waals surface area contributed by atoms with Crippen molar-refractivity contribution in [3.05, 3.63) is 0 Å². The van der Waals surface area contributed by atoms with Crippen LogP contribution in [0.15, 0.2) is 0 Å². The summed E-state index contributed by atoms with van der Waals surface area (Å²) in [5.41, 5.74) is 0. The lowest BCUT2D eigenvalue weighted by atomic mass is 10.3. The lowest BCUT2D eigenvalue weighted by Crippen LogP contribution is -2.42. The molecule has 1 heterocycles. The zero-order chi connectivity index (χ0) is 10.1. The number of amides is 1. The molecule has 1 saturated heterocycles. The summed E-state index contributed by atoms with van der Waals surface area (Å²) in [5, 5.41) is 1.51. The van der Waals surface area contributed by atoms with Crippen molar-refractivity contribution in [2.75, 3.05) is 13.1 Å². The van der Waals surface area contributed by atoms with Crippen LogP contribution in [0.3, 0.4) is 0 Å². The number of halogens is 3. The van der Waals surface area contributed by atoms with Gasteiger partial charge in [-0.05, 0) is 6.42 Å². The molecule has 0 bridgehead atoms. The first-order valence-corrected chi connectivity index (χ1v) is 3.98. The number of hydrogen-bond acceptors (Lipinski definition) is 2. The molecule has 76 valence electrons. The summed E-state index contributed by atoms with van der Waals surface area (Å²) >= 11 is 0. The Morgan fingerprint density at radius 1 is 1.54 bits per heavy atom. The third kappa shape index (κ3) is 3.22. The van der Waals surface area contributed by atoms with Crippen molar-refractivity contribution < 1.29 is 18.0 Å². The van der Waals surface area contributed by atoms with Crippen LogP contribution in [0.2, 0.25) is 0 Å². The Morgan fingerprint density at radius 2 is 2.15 bits per heavy atom. The number of alkyl halides is 3. The molecule has 1 fully saturated rings. The standard InChI is InChI=1S/C7H11F3N2O/c1-5(13)12-3-2-6(4-12)11-7(8,9)10/h6,11H,2-4H2,1H3/t6-/m1/s1. The van der Waals surface area contributed by atoms with Gasteiger partial charge in [-0.25, -0.2) is 5.32 Å². The third-order valence-corrected chi connectivity index (χ3v) is 2.00. The molecule has 0 radical (unpaired) electrons. The van der Waals surface area contributed by atoms with Crippen molar-refractivity contribution in [1.82, 2.24) is 10.2 Å². The monoisotopic (exact) mass is 196 g/mol. The predicted molar refractivity (Wildman–Crippen MR) is 39.8 cm³/mol. The fourth-order valence-corrected chi connectivity index (χ4v) is 1.40. The van der Waals surface area contributed by atoms with E-state index in [4.69, 9.17) is 0 Å². The Hall–Kier alpha value is -0.780. The maximum absolute atomic E-state index is 11.8. The van der Waals surface area contributed by atoms with Crippen molar-refractivity contribution in [2.45, 2.75) is 25.7 Å². The Bertz CT molecular complexity index is 204. The van der Waals surface area contributed by atoms with E-state index in [2.05, 4.69) is 0 Å². The van der Waals surface area contributed by atoms with Crippen LogP contribution in [-0.4, -0.2) is 36.2 Å². The molecule has 0 saturated carbocycles. The molecule has 0 aromatic carbocycles. The van der Waals surface area contributed by atoms with E-state index in [1.807, 2.05) is 0 Å². The minimum atomic E-state index is -4.35. The van der Waals surface area contributed by atoms with Gasteiger partial charge in [0, 0.05) is 26.1 Å². The molecule has 1 aliphatic heterocycles. The summed E-state index contributed by atoms with van der Waals surface area (Å²) in [6.45, 7) is 1.91. The highest BCUT2D eigenvalue weighted by Crippen LogP contribution is 2.16. The van der Waals surface area contributed by atoms with Crippen LogP contribution in [0, 0.1) is 0 Å². The molecule has 1 atom stereocenters. The molecule has 0 spiro atoms. The van der Waals surface area contributed by atoms with E-state index in [0.29, 0.717) is 13.0 Å². The van der Waals surface area contributed by atoms with E-state index in [-0.39, 0.29) is 12.5 Å². The zero-order valence-corrected chi connectivity index (χ0v) is 7.19. The van der Waals surface area contributed by atoms with E-state index in [1.54, 1.807) is 0 Å². The van der Waals surface area contributed by atoms with E-state index < -0.39 is 12.3 Å². The van der Waals surface area contributed by atoms with Crippen LogP contribution < -0.4 is 5.32 Å². The molecule has 1 amide bonds. The molecule has 1 N–H and O–H groups in total.